The zero-order chi connectivity index (χ0) is 28.1. The molecule has 2 aromatic heterocycles. The van der Waals surface area contributed by atoms with Crippen molar-refractivity contribution in [3.8, 4) is 11.3 Å². The Kier molecular flexibility index (Phi) is 7.82. The lowest BCUT2D eigenvalue weighted by atomic mass is 9.96. The van der Waals surface area contributed by atoms with E-state index >= 15 is 0 Å². The van der Waals surface area contributed by atoms with E-state index in [9.17, 15) is 9.59 Å². The number of fused-ring (bicyclic) bond motifs is 1. The molecule has 0 aliphatic heterocycles. The minimum atomic E-state index is -0.328. The number of pyridine rings is 1. The summed E-state index contributed by atoms with van der Waals surface area (Å²) in [6.07, 6.45) is 2.52. The van der Waals surface area contributed by atoms with Crippen LogP contribution in [0.3, 0.4) is 0 Å². The minimum absolute atomic E-state index is 0.236. The SMILES string of the molecule is CCC(C)c1ccc(-c2cc(C(=O)N/N=C(/C)c3ccc(NC(=O)c4ccco4)cc3)c3ccccc3n2)cc1. The van der Waals surface area contributed by atoms with Gasteiger partial charge in [0, 0.05) is 16.6 Å². The number of rotatable bonds is 8. The van der Waals surface area contributed by atoms with Gasteiger partial charge in [0.05, 0.1) is 28.7 Å². The van der Waals surface area contributed by atoms with E-state index in [1.54, 1.807) is 24.3 Å². The Balaban J connectivity index is 1.34. The first-order valence-electron chi connectivity index (χ1n) is 13.2. The van der Waals surface area contributed by atoms with E-state index in [2.05, 4.69) is 54.0 Å². The molecule has 0 saturated carbocycles. The summed E-state index contributed by atoms with van der Waals surface area (Å²) in [7, 11) is 0. The molecule has 5 aromatic rings. The van der Waals surface area contributed by atoms with E-state index in [1.807, 2.05) is 49.4 Å². The first-order valence-corrected chi connectivity index (χ1v) is 13.2. The van der Waals surface area contributed by atoms with Crippen molar-refractivity contribution in [3.63, 3.8) is 0 Å². The third-order valence-corrected chi connectivity index (χ3v) is 6.98. The molecular weight excluding hydrogens is 500 g/mol. The molecule has 200 valence electrons. The topological polar surface area (TPSA) is 96.6 Å². The first-order chi connectivity index (χ1) is 19.4. The van der Waals surface area contributed by atoms with Crippen molar-refractivity contribution in [2.24, 2.45) is 5.10 Å². The number of benzene rings is 3. The zero-order valence-corrected chi connectivity index (χ0v) is 22.6. The molecule has 0 bridgehead atoms. The average molecular weight is 531 g/mol. The van der Waals surface area contributed by atoms with Crippen molar-refractivity contribution in [3.05, 3.63) is 120 Å². The Morgan fingerprint density at radius 3 is 2.38 bits per heavy atom. The second kappa shape index (κ2) is 11.8. The fraction of sp³-hybridized carbons (Fsp3) is 0.152. The molecule has 7 nitrogen and oxygen atoms in total. The Morgan fingerprint density at radius 1 is 0.925 bits per heavy atom. The number of nitrogens with one attached hydrogen (secondary N) is 2. The van der Waals surface area contributed by atoms with Gasteiger partial charge in [0.1, 0.15) is 0 Å². The number of carbonyl (C=O) groups excluding carboxylic acids is 2. The van der Waals surface area contributed by atoms with Gasteiger partial charge in [-0.2, -0.15) is 5.10 Å². The van der Waals surface area contributed by atoms with Crippen LogP contribution < -0.4 is 10.7 Å². The largest absolute Gasteiger partial charge is 0.459 e. The van der Waals surface area contributed by atoms with Gasteiger partial charge in [-0.05, 0) is 66.8 Å². The van der Waals surface area contributed by atoms with Gasteiger partial charge >= 0.3 is 0 Å². The van der Waals surface area contributed by atoms with Gasteiger partial charge in [0.2, 0.25) is 0 Å². The number of furan rings is 1. The van der Waals surface area contributed by atoms with E-state index in [0.717, 1.165) is 34.1 Å². The maximum atomic E-state index is 13.3. The lowest BCUT2D eigenvalue weighted by Crippen LogP contribution is -2.20. The number of hydrogen-bond donors (Lipinski definition) is 2. The summed E-state index contributed by atoms with van der Waals surface area (Å²) >= 11 is 0. The molecule has 0 aliphatic rings. The van der Waals surface area contributed by atoms with Crippen LogP contribution in [0, 0.1) is 0 Å². The Bertz CT molecular complexity index is 1670. The first kappa shape index (κ1) is 26.6. The minimum Gasteiger partial charge on any atom is -0.459 e. The molecule has 1 atom stereocenters. The Hall–Kier alpha value is -5.04. The summed E-state index contributed by atoms with van der Waals surface area (Å²) in [4.78, 5) is 30.4. The van der Waals surface area contributed by atoms with Crippen LogP contribution in [0.25, 0.3) is 22.2 Å². The molecule has 0 saturated heterocycles. The normalized spacial score (nSPS) is 12.2. The summed E-state index contributed by atoms with van der Waals surface area (Å²) in [5.74, 6) is 0.0701. The summed E-state index contributed by atoms with van der Waals surface area (Å²) in [5.41, 5.74) is 8.95. The van der Waals surface area contributed by atoms with Gasteiger partial charge in [-0.25, -0.2) is 10.4 Å². The van der Waals surface area contributed by atoms with Gasteiger partial charge in [0.15, 0.2) is 5.76 Å². The maximum Gasteiger partial charge on any atom is 0.291 e. The van der Waals surface area contributed by atoms with Crippen LogP contribution in [-0.2, 0) is 0 Å². The van der Waals surface area contributed by atoms with Crippen LogP contribution >= 0.6 is 0 Å². The van der Waals surface area contributed by atoms with Crippen molar-refractivity contribution in [2.75, 3.05) is 5.32 Å². The molecule has 2 heterocycles. The standard InChI is InChI=1S/C33H30N4O3/c1-4-21(2)23-11-13-25(14-12-23)30-20-28(27-8-5-6-9-29(27)35-30)32(38)37-36-22(3)24-15-17-26(18-16-24)34-33(39)31-10-7-19-40-31/h5-21H,4H2,1-3H3,(H,34,39)(H,37,38)/b36-22-. The fourth-order valence-electron chi connectivity index (χ4n) is 4.38. The van der Waals surface area contributed by atoms with Gasteiger partial charge < -0.3 is 9.73 Å². The number of carbonyl (C=O) groups is 2. The second-order valence-corrected chi connectivity index (χ2v) is 9.65. The Morgan fingerprint density at radius 2 is 1.68 bits per heavy atom. The molecule has 1 unspecified atom stereocenters. The van der Waals surface area contributed by atoms with Crippen molar-refractivity contribution in [1.82, 2.24) is 10.4 Å². The number of para-hydroxylation sites is 1. The number of nitrogens with zero attached hydrogens (tertiary/aromatic N) is 2. The van der Waals surface area contributed by atoms with E-state index < -0.39 is 0 Å². The highest BCUT2D eigenvalue weighted by molar-refractivity contribution is 6.08. The van der Waals surface area contributed by atoms with Crippen LogP contribution in [0.4, 0.5) is 5.69 Å². The predicted octanol–water partition coefficient (Wildman–Crippen LogP) is 7.41. The van der Waals surface area contributed by atoms with Crippen LogP contribution in [-0.4, -0.2) is 22.5 Å². The fourth-order valence-corrected chi connectivity index (χ4v) is 4.38. The van der Waals surface area contributed by atoms with E-state index in [-0.39, 0.29) is 17.6 Å². The van der Waals surface area contributed by atoms with Crippen LogP contribution in [0.1, 0.15) is 65.1 Å². The second-order valence-electron chi connectivity index (χ2n) is 9.65. The molecular formula is C33H30N4O3. The third kappa shape index (κ3) is 5.83. The predicted molar refractivity (Wildman–Crippen MR) is 159 cm³/mol. The molecule has 0 spiro atoms. The number of anilines is 1. The molecule has 0 fully saturated rings. The van der Waals surface area contributed by atoms with Crippen molar-refractivity contribution in [1.29, 1.82) is 0 Å². The van der Waals surface area contributed by atoms with Crippen molar-refractivity contribution < 1.29 is 14.0 Å². The zero-order valence-electron chi connectivity index (χ0n) is 22.6. The maximum absolute atomic E-state index is 13.3. The number of hydrogen-bond acceptors (Lipinski definition) is 5. The number of aromatic nitrogens is 1. The van der Waals surface area contributed by atoms with Crippen molar-refractivity contribution in [2.45, 2.75) is 33.1 Å². The molecule has 0 radical (unpaired) electrons. The molecule has 40 heavy (non-hydrogen) atoms. The molecule has 3 aromatic carbocycles. The van der Waals surface area contributed by atoms with Gasteiger partial charge in [0.25, 0.3) is 11.8 Å². The summed E-state index contributed by atoms with van der Waals surface area (Å²) in [6, 6.07) is 28.2. The van der Waals surface area contributed by atoms with Crippen LogP contribution in [0.15, 0.2) is 107 Å². The summed E-state index contributed by atoms with van der Waals surface area (Å²) in [5, 5.41) is 7.88. The van der Waals surface area contributed by atoms with Crippen molar-refractivity contribution >= 4 is 34.1 Å². The quantitative estimate of drug-likeness (QED) is 0.161. The third-order valence-electron chi connectivity index (χ3n) is 6.98. The monoisotopic (exact) mass is 530 g/mol. The molecule has 2 N–H and O–H groups in total. The number of hydrazone groups is 1. The van der Waals surface area contributed by atoms with Gasteiger partial charge in [-0.15, -0.1) is 0 Å². The molecule has 0 aliphatic carbocycles. The van der Waals surface area contributed by atoms with E-state index in [1.165, 1.54) is 11.8 Å². The smallest absolute Gasteiger partial charge is 0.291 e. The highest BCUT2D eigenvalue weighted by atomic mass is 16.3. The summed E-state index contributed by atoms with van der Waals surface area (Å²) in [6.45, 7) is 6.20. The lowest BCUT2D eigenvalue weighted by molar-refractivity contribution is 0.0955. The van der Waals surface area contributed by atoms with E-state index in [0.29, 0.717) is 22.9 Å². The Labute approximate surface area is 233 Å². The molecule has 5 rings (SSSR count). The van der Waals surface area contributed by atoms with Gasteiger partial charge in [-0.1, -0.05) is 68.4 Å². The van der Waals surface area contributed by atoms with Crippen LogP contribution in [0.5, 0.6) is 0 Å². The molecule has 2 amide bonds. The van der Waals surface area contributed by atoms with Gasteiger partial charge in [-0.3, -0.25) is 9.59 Å². The number of amides is 2. The van der Waals surface area contributed by atoms with E-state index in [4.69, 9.17) is 9.40 Å². The highest BCUT2D eigenvalue weighted by Crippen LogP contribution is 2.27. The summed E-state index contributed by atoms with van der Waals surface area (Å²) < 4.78 is 5.12. The van der Waals surface area contributed by atoms with Crippen LogP contribution in [0.2, 0.25) is 0 Å². The average Bonchev–Trinajstić information content (AvgIpc) is 3.55. The molecule has 7 heteroatoms. The highest BCUT2D eigenvalue weighted by Gasteiger charge is 2.15. The lowest BCUT2D eigenvalue weighted by Gasteiger charge is -2.12.